The summed E-state index contributed by atoms with van der Waals surface area (Å²) in [6, 6.07) is -0.347. The molecule has 3 heterocycles. The summed E-state index contributed by atoms with van der Waals surface area (Å²) < 4.78 is 0. The van der Waals surface area contributed by atoms with Crippen LogP contribution in [-0.2, 0) is 9.59 Å². The summed E-state index contributed by atoms with van der Waals surface area (Å²) in [5.74, 6) is -0.293. The van der Waals surface area contributed by atoms with Crippen LogP contribution < -0.4 is 10.6 Å². The number of carbonyl (C=O) groups is 3. The van der Waals surface area contributed by atoms with Crippen LogP contribution in [0.2, 0.25) is 0 Å². The number of nitrogens with one attached hydrogen (secondary N) is 2. The fourth-order valence-corrected chi connectivity index (χ4v) is 3.66. The molecule has 2 saturated heterocycles. The molecule has 2 fully saturated rings. The van der Waals surface area contributed by atoms with Crippen LogP contribution in [0, 0.1) is 6.92 Å². The monoisotopic (exact) mass is 337 g/mol. The molecule has 2 aliphatic heterocycles. The van der Waals surface area contributed by atoms with Gasteiger partial charge in [-0.25, -0.2) is 9.78 Å². The molecule has 1 spiro atoms. The van der Waals surface area contributed by atoms with Gasteiger partial charge in [-0.15, -0.1) is 11.3 Å². The second-order valence-corrected chi connectivity index (χ2v) is 6.85. The van der Waals surface area contributed by atoms with Gasteiger partial charge in [0.25, 0.3) is 5.91 Å². The zero-order valence-corrected chi connectivity index (χ0v) is 13.9. The molecule has 2 aliphatic rings. The Hall–Kier alpha value is -2.00. The Labute approximate surface area is 137 Å². The molecule has 1 aromatic heterocycles. The van der Waals surface area contributed by atoms with E-state index in [0.717, 1.165) is 10.6 Å². The van der Waals surface area contributed by atoms with Gasteiger partial charge in [0.15, 0.2) is 5.13 Å². The maximum atomic E-state index is 12.2. The SMILES string of the molecule is Cc1csc(NC(=O)CN2CCC3(CC2)NC(=O)N(C)C3=O)n1. The van der Waals surface area contributed by atoms with Crippen molar-refractivity contribution in [2.75, 3.05) is 32.0 Å². The van der Waals surface area contributed by atoms with Crippen molar-refractivity contribution in [2.24, 2.45) is 0 Å². The Morgan fingerprint density at radius 3 is 2.65 bits per heavy atom. The van der Waals surface area contributed by atoms with Crippen molar-refractivity contribution in [1.82, 2.24) is 20.1 Å². The molecule has 1 aromatic rings. The fraction of sp³-hybridized carbons (Fsp3) is 0.571. The first kappa shape index (κ1) is 15.9. The molecule has 0 saturated carbocycles. The van der Waals surface area contributed by atoms with Crippen molar-refractivity contribution in [3.63, 3.8) is 0 Å². The quantitative estimate of drug-likeness (QED) is 0.779. The van der Waals surface area contributed by atoms with Gasteiger partial charge in [-0.1, -0.05) is 0 Å². The lowest BCUT2D eigenvalue weighted by Crippen LogP contribution is -2.55. The number of aromatic nitrogens is 1. The molecule has 0 aliphatic carbocycles. The second kappa shape index (κ2) is 5.89. The average molecular weight is 337 g/mol. The van der Waals surface area contributed by atoms with Crippen LogP contribution >= 0.6 is 11.3 Å². The van der Waals surface area contributed by atoms with E-state index < -0.39 is 5.54 Å². The van der Waals surface area contributed by atoms with Crippen LogP contribution in [-0.4, -0.2) is 64.9 Å². The lowest BCUT2D eigenvalue weighted by Gasteiger charge is -2.36. The van der Waals surface area contributed by atoms with Crippen molar-refractivity contribution < 1.29 is 14.4 Å². The molecule has 124 valence electrons. The molecule has 9 heteroatoms. The van der Waals surface area contributed by atoms with Crippen LogP contribution in [0.3, 0.4) is 0 Å². The topological polar surface area (TPSA) is 94.6 Å². The van der Waals surface area contributed by atoms with Gasteiger partial charge in [-0.05, 0) is 19.8 Å². The van der Waals surface area contributed by atoms with Gasteiger partial charge in [0.2, 0.25) is 5.91 Å². The first-order chi connectivity index (χ1) is 10.9. The molecular formula is C14H19N5O3S. The molecule has 4 amide bonds. The van der Waals surface area contributed by atoms with Gasteiger partial charge >= 0.3 is 6.03 Å². The van der Waals surface area contributed by atoms with Crippen molar-refractivity contribution in [1.29, 1.82) is 0 Å². The molecule has 8 nitrogen and oxygen atoms in total. The van der Waals surface area contributed by atoms with Gasteiger partial charge in [-0.3, -0.25) is 19.4 Å². The van der Waals surface area contributed by atoms with Crippen LogP contribution in [0.15, 0.2) is 5.38 Å². The predicted octanol–water partition coefficient (Wildman–Crippen LogP) is 0.406. The number of likely N-dealkylation sites (tertiary alicyclic amines) is 1. The Kier molecular flexibility index (Phi) is 4.07. The van der Waals surface area contributed by atoms with E-state index in [1.165, 1.54) is 18.4 Å². The number of piperidine rings is 1. The standard InChI is InChI=1S/C14H19N5O3S/c1-9-8-23-12(15-9)16-10(20)7-19-5-3-14(4-6-19)11(21)18(2)13(22)17-14/h8H,3-7H2,1-2H3,(H,17,22)(H,15,16,20). The lowest BCUT2D eigenvalue weighted by molar-refractivity contribution is -0.132. The summed E-state index contributed by atoms with van der Waals surface area (Å²) in [5, 5.41) is 8.04. The third kappa shape index (κ3) is 3.06. The molecule has 0 atom stereocenters. The van der Waals surface area contributed by atoms with E-state index in [1.807, 2.05) is 17.2 Å². The van der Waals surface area contributed by atoms with Crippen molar-refractivity contribution in [3.05, 3.63) is 11.1 Å². The van der Waals surface area contributed by atoms with E-state index >= 15 is 0 Å². The second-order valence-electron chi connectivity index (χ2n) is 5.99. The maximum absolute atomic E-state index is 12.2. The molecule has 2 N–H and O–H groups in total. The number of thiazole rings is 1. The number of hydrogen-bond donors (Lipinski definition) is 2. The molecule has 0 unspecified atom stereocenters. The number of amides is 4. The number of carbonyl (C=O) groups excluding carboxylic acids is 3. The highest BCUT2D eigenvalue weighted by atomic mass is 32.1. The molecule has 3 rings (SSSR count). The Morgan fingerprint density at radius 1 is 1.43 bits per heavy atom. The van der Waals surface area contributed by atoms with Gasteiger partial charge in [-0.2, -0.15) is 0 Å². The van der Waals surface area contributed by atoms with E-state index in [-0.39, 0.29) is 24.4 Å². The van der Waals surface area contributed by atoms with Crippen LogP contribution in [0.1, 0.15) is 18.5 Å². The molecular weight excluding hydrogens is 318 g/mol. The summed E-state index contributed by atoms with van der Waals surface area (Å²) >= 11 is 1.40. The lowest BCUT2D eigenvalue weighted by atomic mass is 9.87. The summed E-state index contributed by atoms with van der Waals surface area (Å²) in [4.78, 5) is 43.2. The van der Waals surface area contributed by atoms with E-state index in [2.05, 4.69) is 15.6 Å². The minimum Gasteiger partial charge on any atom is -0.323 e. The first-order valence-corrected chi connectivity index (χ1v) is 8.32. The number of rotatable bonds is 3. The smallest absolute Gasteiger partial charge is 0.323 e. The number of likely N-dealkylation sites (N-methyl/N-ethyl adjacent to an activating group) is 1. The first-order valence-electron chi connectivity index (χ1n) is 7.44. The summed E-state index contributed by atoms with van der Waals surface area (Å²) in [5.41, 5.74) is 0.0930. The van der Waals surface area contributed by atoms with Gasteiger partial charge in [0, 0.05) is 25.5 Å². The largest absolute Gasteiger partial charge is 0.324 e. The van der Waals surface area contributed by atoms with Gasteiger partial charge < -0.3 is 10.6 Å². The van der Waals surface area contributed by atoms with E-state index in [1.54, 1.807) is 0 Å². The Balaban J connectivity index is 1.52. The van der Waals surface area contributed by atoms with Gasteiger partial charge in [0.05, 0.1) is 12.2 Å². The molecule has 0 bridgehead atoms. The highest BCUT2D eigenvalue weighted by Crippen LogP contribution is 2.28. The van der Waals surface area contributed by atoms with Crippen molar-refractivity contribution in [3.8, 4) is 0 Å². The Morgan fingerprint density at radius 2 is 2.13 bits per heavy atom. The van der Waals surface area contributed by atoms with E-state index in [0.29, 0.717) is 31.1 Å². The number of nitrogens with zero attached hydrogens (tertiary/aromatic N) is 3. The summed E-state index contributed by atoms with van der Waals surface area (Å²) in [6.07, 6.45) is 1.04. The van der Waals surface area contributed by atoms with Crippen LogP contribution in [0.5, 0.6) is 0 Å². The molecule has 23 heavy (non-hydrogen) atoms. The molecule has 0 radical (unpaired) electrons. The van der Waals surface area contributed by atoms with Gasteiger partial charge in [0.1, 0.15) is 5.54 Å². The number of anilines is 1. The number of aryl methyl sites for hydroxylation is 1. The number of imide groups is 1. The average Bonchev–Trinajstić information content (AvgIpc) is 3.00. The predicted molar refractivity (Wildman–Crippen MR) is 85.2 cm³/mol. The third-order valence-corrected chi connectivity index (χ3v) is 5.18. The zero-order chi connectivity index (χ0) is 16.6. The van der Waals surface area contributed by atoms with Crippen molar-refractivity contribution >= 4 is 34.3 Å². The number of urea groups is 1. The third-order valence-electron chi connectivity index (χ3n) is 4.31. The fourth-order valence-electron chi connectivity index (χ4n) is 2.96. The summed E-state index contributed by atoms with van der Waals surface area (Å²) in [7, 11) is 1.49. The normalized spacial score (nSPS) is 20.9. The maximum Gasteiger partial charge on any atom is 0.324 e. The van der Waals surface area contributed by atoms with E-state index in [4.69, 9.17) is 0 Å². The highest BCUT2D eigenvalue weighted by molar-refractivity contribution is 7.13. The highest BCUT2D eigenvalue weighted by Gasteiger charge is 2.50. The van der Waals surface area contributed by atoms with Crippen molar-refractivity contribution in [2.45, 2.75) is 25.3 Å². The Bertz CT molecular complexity index is 651. The van der Waals surface area contributed by atoms with E-state index in [9.17, 15) is 14.4 Å². The van der Waals surface area contributed by atoms with Crippen LogP contribution in [0.25, 0.3) is 0 Å². The minimum atomic E-state index is -0.786. The molecule has 0 aromatic carbocycles. The number of hydrogen-bond acceptors (Lipinski definition) is 6. The minimum absolute atomic E-state index is 0.116. The summed E-state index contributed by atoms with van der Waals surface area (Å²) in [6.45, 7) is 3.31. The zero-order valence-electron chi connectivity index (χ0n) is 13.1. The van der Waals surface area contributed by atoms with Crippen LogP contribution in [0.4, 0.5) is 9.93 Å².